The summed E-state index contributed by atoms with van der Waals surface area (Å²) in [6.07, 6.45) is -3.18. The number of alkyl halides is 3. The van der Waals surface area contributed by atoms with Crippen molar-refractivity contribution < 1.29 is 17.6 Å². The highest BCUT2D eigenvalue weighted by Crippen LogP contribution is 2.32. The minimum atomic E-state index is -4.67. The van der Waals surface area contributed by atoms with Crippen molar-refractivity contribution in [3.05, 3.63) is 54.0 Å². The fourth-order valence-electron chi connectivity index (χ4n) is 1.44. The third-order valence-electron chi connectivity index (χ3n) is 2.24. The van der Waals surface area contributed by atoms with E-state index < -0.39 is 17.6 Å². The van der Waals surface area contributed by atoms with Crippen molar-refractivity contribution in [1.82, 2.24) is 4.98 Å². The second-order valence-corrected chi connectivity index (χ2v) is 3.41. The summed E-state index contributed by atoms with van der Waals surface area (Å²) in [6, 6.07) is 7.71. The molecule has 0 aliphatic carbocycles. The third-order valence-corrected chi connectivity index (χ3v) is 2.24. The summed E-state index contributed by atoms with van der Waals surface area (Å²) in [5.41, 5.74) is -0.520. The van der Waals surface area contributed by atoms with Crippen LogP contribution in [0.3, 0.4) is 0 Å². The zero-order valence-electron chi connectivity index (χ0n) is 8.91. The van der Waals surface area contributed by atoms with Gasteiger partial charge in [0, 0.05) is 11.8 Å². The topological polar surface area (TPSA) is 12.9 Å². The van der Waals surface area contributed by atoms with Gasteiger partial charge in [-0.25, -0.2) is 4.39 Å². The Morgan fingerprint density at radius 3 is 2.22 bits per heavy atom. The summed E-state index contributed by atoms with van der Waals surface area (Å²) in [5, 5.41) is 0. The van der Waals surface area contributed by atoms with Gasteiger partial charge in [0.2, 0.25) is 0 Å². The first-order chi connectivity index (χ1) is 7.98. The van der Waals surface area contributed by atoms with Gasteiger partial charge in [-0.15, -0.1) is 12.4 Å². The maximum atomic E-state index is 13.3. The van der Waals surface area contributed by atoms with E-state index in [-0.39, 0.29) is 12.4 Å². The fraction of sp³-hybridized carbons (Fsp3) is 0.0833. The average Bonchev–Trinajstić information content (AvgIpc) is 2.28. The zero-order valence-corrected chi connectivity index (χ0v) is 9.73. The van der Waals surface area contributed by atoms with Crippen LogP contribution in [0, 0.1) is 5.82 Å². The molecule has 0 aliphatic rings. The molecule has 0 radical (unpaired) electrons. The van der Waals surface area contributed by atoms with E-state index in [1.807, 2.05) is 0 Å². The number of hydrogen-bond donors (Lipinski definition) is 0. The van der Waals surface area contributed by atoms with Gasteiger partial charge in [-0.1, -0.05) is 12.1 Å². The SMILES string of the molecule is Cl.Fc1cc(-c2ccccn2)ccc1C(F)(F)F. The largest absolute Gasteiger partial charge is 0.419 e. The van der Waals surface area contributed by atoms with Gasteiger partial charge in [-0.3, -0.25) is 4.98 Å². The maximum absolute atomic E-state index is 13.3. The molecular formula is C12H8ClF4N. The second kappa shape index (κ2) is 5.35. The molecule has 0 N–H and O–H groups in total. The van der Waals surface area contributed by atoms with Gasteiger partial charge < -0.3 is 0 Å². The van der Waals surface area contributed by atoms with E-state index in [0.717, 1.165) is 12.1 Å². The summed E-state index contributed by atoms with van der Waals surface area (Å²) in [5.74, 6) is -1.29. The van der Waals surface area contributed by atoms with Crippen LogP contribution < -0.4 is 0 Å². The molecule has 1 heterocycles. The normalized spacial score (nSPS) is 10.9. The highest BCUT2D eigenvalue weighted by molar-refractivity contribution is 5.85. The average molecular weight is 278 g/mol. The van der Waals surface area contributed by atoms with Crippen LogP contribution in [-0.2, 0) is 6.18 Å². The summed E-state index contributed by atoms with van der Waals surface area (Å²) in [7, 11) is 0. The van der Waals surface area contributed by atoms with E-state index in [1.165, 1.54) is 12.3 Å². The van der Waals surface area contributed by atoms with E-state index in [9.17, 15) is 17.6 Å². The standard InChI is InChI=1S/C12H7F4N.ClH/c13-10-7-8(11-3-1-2-6-17-11)4-5-9(10)12(14,15)16;/h1-7H;1H. The zero-order chi connectivity index (χ0) is 12.5. The predicted octanol–water partition coefficient (Wildman–Crippen LogP) is 4.33. The van der Waals surface area contributed by atoms with Crippen molar-refractivity contribution in [3.63, 3.8) is 0 Å². The first kappa shape index (κ1) is 14.4. The minimum absolute atomic E-state index is 0. The molecule has 1 aromatic carbocycles. The lowest BCUT2D eigenvalue weighted by atomic mass is 10.1. The first-order valence-corrected chi connectivity index (χ1v) is 4.76. The molecule has 6 heteroatoms. The van der Waals surface area contributed by atoms with Gasteiger partial charge in [0.25, 0.3) is 0 Å². The van der Waals surface area contributed by atoms with Gasteiger partial charge in [-0.2, -0.15) is 13.2 Å². The van der Waals surface area contributed by atoms with Crippen LogP contribution in [-0.4, -0.2) is 4.98 Å². The third kappa shape index (κ3) is 2.98. The van der Waals surface area contributed by atoms with Crippen LogP contribution in [0.25, 0.3) is 11.3 Å². The van der Waals surface area contributed by atoms with E-state index in [0.29, 0.717) is 11.3 Å². The molecule has 0 spiro atoms. The molecule has 0 unspecified atom stereocenters. The number of nitrogens with zero attached hydrogens (tertiary/aromatic N) is 1. The Kier molecular flexibility index (Phi) is 4.29. The van der Waals surface area contributed by atoms with Gasteiger partial charge in [0.15, 0.2) is 0 Å². The van der Waals surface area contributed by atoms with E-state index in [4.69, 9.17) is 0 Å². The van der Waals surface area contributed by atoms with Crippen molar-refractivity contribution in [1.29, 1.82) is 0 Å². The van der Waals surface area contributed by atoms with Crippen molar-refractivity contribution in [2.24, 2.45) is 0 Å². The Morgan fingerprint density at radius 2 is 1.72 bits per heavy atom. The molecule has 0 saturated carbocycles. The smallest absolute Gasteiger partial charge is 0.256 e. The molecule has 0 saturated heterocycles. The number of halogens is 5. The van der Waals surface area contributed by atoms with E-state index in [2.05, 4.69) is 4.98 Å². The van der Waals surface area contributed by atoms with Crippen LogP contribution in [0.15, 0.2) is 42.6 Å². The molecular weight excluding hydrogens is 270 g/mol. The molecule has 1 nitrogen and oxygen atoms in total. The van der Waals surface area contributed by atoms with E-state index in [1.54, 1.807) is 18.2 Å². The molecule has 1 aromatic heterocycles. The molecule has 96 valence electrons. The van der Waals surface area contributed by atoms with Crippen LogP contribution in [0.5, 0.6) is 0 Å². The van der Waals surface area contributed by atoms with Crippen molar-refractivity contribution in [3.8, 4) is 11.3 Å². The van der Waals surface area contributed by atoms with Crippen LogP contribution in [0.1, 0.15) is 5.56 Å². The monoisotopic (exact) mass is 277 g/mol. The lowest BCUT2D eigenvalue weighted by Crippen LogP contribution is -2.07. The van der Waals surface area contributed by atoms with Gasteiger partial charge >= 0.3 is 6.18 Å². The lowest BCUT2D eigenvalue weighted by Gasteiger charge is -2.09. The Hall–Kier alpha value is -1.62. The maximum Gasteiger partial charge on any atom is 0.419 e. The minimum Gasteiger partial charge on any atom is -0.256 e. The fourth-order valence-corrected chi connectivity index (χ4v) is 1.44. The van der Waals surface area contributed by atoms with Crippen LogP contribution in [0.4, 0.5) is 17.6 Å². The lowest BCUT2D eigenvalue weighted by molar-refractivity contribution is -0.139. The first-order valence-electron chi connectivity index (χ1n) is 4.76. The Labute approximate surface area is 107 Å². The van der Waals surface area contributed by atoms with Crippen molar-refractivity contribution in [2.75, 3.05) is 0 Å². The molecule has 2 rings (SSSR count). The quantitative estimate of drug-likeness (QED) is 0.707. The summed E-state index contributed by atoms with van der Waals surface area (Å²) in [6.45, 7) is 0. The van der Waals surface area contributed by atoms with E-state index >= 15 is 0 Å². The van der Waals surface area contributed by atoms with Gasteiger partial charge in [0.1, 0.15) is 5.82 Å². The Bertz CT molecular complexity index is 525. The van der Waals surface area contributed by atoms with Crippen LogP contribution in [0.2, 0.25) is 0 Å². The molecule has 0 bridgehead atoms. The molecule has 18 heavy (non-hydrogen) atoms. The van der Waals surface area contributed by atoms with Gasteiger partial charge in [-0.05, 0) is 24.3 Å². The highest BCUT2D eigenvalue weighted by Gasteiger charge is 2.33. The Balaban J connectivity index is 0.00000162. The number of benzene rings is 1. The molecule has 0 fully saturated rings. The predicted molar refractivity (Wildman–Crippen MR) is 61.9 cm³/mol. The molecule has 0 atom stereocenters. The van der Waals surface area contributed by atoms with Crippen LogP contribution >= 0.6 is 12.4 Å². The second-order valence-electron chi connectivity index (χ2n) is 3.41. The molecule has 0 amide bonds. The summed E-state index contributed by atoms with van der Waals surface area (Å²) < 4.78 is 50.3. The number of hydrogen-bond acceptors (Lipinski definition) is 1. The highest BCUT2D eigenvalue weighted by atomic mass is 35.5. The molecule has 2 aromatic rings. The summed E-state index contributed by atoms with van der Waals surface area (Å²) >= 11 is 0. The summed E-state index contributed by atoms with van der Waals surface area (Å²) in [4.78, 5) is 3.93. The van der Waals surface area contributed by atoms with Gasteiger partial charge in [0.05, 0.1) is 11.3 Å². The number of rotatable bonds is 1. The number of aromatic nitrogens is 1. The number of pyridine rings is 1. The molecule has 0 aliphatic heterocycles. The van der Waals surface area contributed by atoms with Crippen molar-refractivity contribution >= 4 is 12.4 Å². The Morgan fingerprint density at radius 1 is 1.00 bits per heavy atom. The van der Waals surface area contributed by atoms with Crippen molar-refractivity contribution in [2.45, 2.75) is 6.18 Å².